The van der Waals surface area contributed by atoms with Gasteiger partial charge in [-0.2, -0.15) is 13.2 Å². The molecule has 0 unspecified atom stereocenters. The average molecular weight is 267 g/mol. The molecule has 19 heavy (non-hydrogen) atoms. The molecule has 2 aromatic rings. The lowest BCUT2D eigenvalue weighted by molar-refractivity contribution is -0.137. The third kappa shape index (κ3) is 3.27. The number of halogens is 3. The molecule has 0 saturated heterocycles. The Labute approximate surface area is 106 Å². The molecule has 4 nitrogen and oxygen atoms in total. The van der Waals surface area contributed by atoms with Crippen LogP contribution in [-0.2, 0) is 6.18 Å². The van der Waals surface area contributed by atoms with E-state index < -0.39 is 17.6 Å². The number of hydrogen-bond donors (Lipinski definition) is 1. The lowest BCUT2D eigenvalue weighted by Crippen LogP contribution is -2.14. The molecular formula is C12H8F3N3O. The first-order valence-electron chi connectivity index (χ1n) is 5.21. The van der Waals surface area contributed by atoms with Crippen LogP contribution >= 0.6 is 0 Å². The lowest BCUT2D eigenvalue weighted by atomic mass is 10.2. The van der Waals surface area contributed by atoms with Crippen LogP contribution in [0.5, 0.6) is 0 Å². The van der Waals surface area contributed by atoms with Crippen LogP contribution in [0.2, 0.25) is 0 Å². The first-order chi connectivity index (χ1) is 8.97. The summed E-state index contributed by atoms with van der Waals surface area (Å²) in [5, 5.41) is 2.28. The molecule has 0 bridgehead atoms. The van der Waals surface area contributed by atoms with Gasteiger partial charge in [-0.1, -0.05) is 0 Å². The normalized spacial score (nSPS) is 11.1. The Morgan fingerprint density at radius 3 is 2.63 bits per heavy atom. The zero-order valence-electron chi connectivity index (χ0n) is 9.48. The van der Waals surface area contributed by atoms with Gasteiger partial charge in [0.25, 0.3) is 5.91 Å². The van der Waals surface area contributed by atoms with E-state index in [1.165, 1.54) is 18.5 Å². The van der Waals surface area contributed by atoms with Gasteiger partial charge >= 0.3 is 6.18 Å². The molecule has 0 aromatic carbocycles. The van der Waals surface area contributed by atoms with Gasteiger partial charge < -0.3 is 5.32 Å². The smallest absolute Gasteiger partial charge is 0.307 e. The van der Waals surface area contributed by atoms with Gasteiger partial charge in [0.2, 0.25) is 0 Å². The number of pyridine rings is 2. The van der Waals surface area contributed by atoms with Crippen LogP contribution in [0.3, 0.4) is 0 Å². The van der Waals surface area contributed by atoms with E-state index in [4.69, 9.17) is 0 Å². The van der Waals surface area contributed by atoms with Crippen molar-refractivity contribution < 1.29 is 18.0 Å². The summed E-state index contributed by atoms with van der Waals surface area (Å²) < 4.78 is 37.4. The van der Waals surface area contributed by atoms with Crippen molar-refractivity contribution in [2.45, 2.75) is 6.18 Å². The number of alkyl halides is 3. The molecule has 98 valence electrons. The SMILES string of the molecule is O=C(Nc1cc(C(F)(F)F)ccn1)c1cccnc1. The fourth-order valence-corrected chi connectivity index (χ4v) is 1.36. The largest absolute Gasteiger partial charge is 0.416 e. The van der Waals surface area contributed by atoms with Crippen LogP contribution in [0, 0.1) is 0 Å². The highest BCUT2D eigenvalue weighted by Crippen LogP contribution is 2.29. The molecule has 0 spiro atoms. The number of aromatic nitrogens is 2. The molecule has 0 aliphatic carbocycles. The van der Waals surface area contributed by atoms with Crippen LogP contribution in [0.4, 0.5) is 19.0 Å². The average Bonchev–Trinajstić information content (AvgIpc) is 2.39. The van der Waals surface area contributed by atoms with Crippen molar-refractivity contribution in [2.24, 2.45) is 0 Å². The summed E-state index contributed by atoms with van der Waals surface area (Å²) in [5.74, 6) is -0.733. The van der Waals surface area contributed by atoms with Crippen molar-refractivity contribution in [1.29, 1.82) is 0 Å². The quantitative estimate of drug-likeness (QED) is 0.910. The predicted octanol–water partition coefficient (Wildman–Crippen LogP) is 2.75. The van der Waals surface area contributed by atoms with Crippen molar-refractivity contribution in [3.63, 3.8) is 0 Å². The predicted molar refractivity (Wildman–Crippen MR) is 61.4 cm³/mol. The summed E-state index contributed by atoms with van der Waals surface area (Å²) in [4.78, 5) is 19.1. The second kappa shape index (κ2) is 5.05. The second-order valence-electron chi connectivity index (χ2n) is 3.62. The molecule has 1 amide bonds. The van der Waals surface area contributed by atoms with Crippen molar-refractivity contribution in [3.8, 4) is 0 Å². The molecule has 7 heteroatoms. The number of nitrogens with one attached hydrogen (secondary N) is 1. The molecule has 0 atom stereocenters. The third-order valence-electron chi connectivity index (χ3n) is 2.25. The van der Waals surface area contributed by atoms with E-state index in [1.54, 1.807) is 6.07 Å². The van der Waals surface area contributed by atoms with Gasteiger partial charge in [-0.05, 0) is 24.3 Å². The van der Waals surface area contributed by atoms with Crippen LogP contribution in [-0.4, -0.2) is 15.9 Å². The van der Waals surface area contributed by atoms with Gasteiger partial charge in [0.15, 0.2) is 0 Å². The Kier molecular flexibility index (Phi) is 3.46. The lowest BCUT2D eigenvalue weighted by Gasteiger charge is -2.08. The van der Waals surface area contributed by atoms with Gasteiger partial charge in [-0.3, -0.25) is 9.78 Å². The molecule has 0 aliphatic rings. The third-order valence-corrected chi connectivity index (χ3v) is 2.25. The standard InChI is InChI=1S/C12H8F3N3O/c13-12(14,15)9-3-5-17-10(6-9)18-11(19)8-2-1-4-16-7-8/h1-7H,(H,17,18,19). The Hall–Kier alpha value is -2.44. The molecule has 2 aromatic heterocycles. The monoisotopic (exact) mass is 267 g/mol. The van der Waals surface area contributed by atoms with Gasteiger partial charge in [0, 0.05) is 18.6 Å². The minimum Gasteiger partial charge on any atom is -0.307 e. The number of nitrogens with zero attached hydrogens (tertiary/aromatic N) is 2. The minimum absolute atomic E-state index is 0.163. The van der Waals surface area contributed by atoms with E-state index in [0.717, 1.165) is 18.3 Å². The number of carbonyl (C=O) groups excluding carboxylic acids is 1. The molecule has 2 rings (SSSR count). The number of amides is 1. The molecule has 0 saturated carbocycles. The van der Waals surface area contributed by atoms with Gasteiger partial charge in [-0.25, -0.2) is 4.98 Å². The summed E-state index contributed by atoms with van der Waals surface area (Å²) in [6.07, 6.45) is -0.694. The highest BCUT2D eigenvalue weighted by atomic mass is 19.4. The summed E-state index contributed by atoms with van der Waals surface area (Å²) in [6.45, 7) is 0. The van der Waals surface area contributed by atoms with Crippen LogP contribution in [0.25, 0.3) is 0 Å². The van der Waals surface area contributed by atoms with Crippen LogP contribution in [0.1, 0.15) is 15.9 Å². The fourth-order valence-electron chi connectivity index (χ4n) is 1.36. The van der Waals surface area contributed by atoms with Crippen molar-refractivity contribution >= 4 is 11.7 Å². The maximum Gasteiger partial charge on any atom is 0.416 e. The Morgan fingerprint density at radius 1 is 1.21 bits per heavy atom. The molecule has 0 aliphatic heterocycles. The number of carbonyl (C=O) groups is 1. The van der Waals surface area contributed by atoms with E-state index in [9.17, 15) is 18.0 Å². The molecule has 1 N–H and O–H groups in total. The van der Waals surface area contributed by atoms with E-state index in [-0.39, 0.29) is 11.4 Å². The van der Waals surface area contributed by atoms with Crippen LogP contribution < -0.4 is 5.32 Å². The van der Waals surface area contributed by atoms with Crippen molar-refractivity contribution in [3.05, 3.63) is 54.0 Å². The zero-order valence-corrected chi connectivity index (χ0v) is 9.48. The van der Waals surface area contributed by atoms with Crippen molar-refractivity contribution in [1.82, 2.24) is 9.97 Å². The summed E-state index contributed by atoms with van der Waals surface area (Å²) in [7, 11) is 0. The fraction of sp³-hybridized carbons (Fsp3) is 0.0833. The molecular weight excluding hydrogens is 259 g/mol. The van der Waals surface area contributed by atoms with Gasteiger partial charge in [-0.15, -0.1) is 0 Å². The first-order valence-corrected chi connectivity index (χ1v) is 5.21. The van der Waals surface area contributed by atoms with Crippen molar-refractivity contribution in [2.75, 3.05) is 5.32 Å². The van der Waals surface area contributed by atoms with Crippen LogP contribution in [0.15, 0.2) is 42.9 Å². The molecule has 0 radical (unpaired) electrons. The number of anilines is 1. The summed E-state index contributed by atoms with van der Waals surface area (Å²) in [6, 6.07) is 4.65. The highest BCUT2D eigenvalue weighted by Gasteiger charge is 2.30. The zero-order chi connectivity index (χ0) is 13.9. The summed E-state index contributed by atoms with van der Waals surface area (Å²) >= 11 is 0. The highest BCUT2D eigenvalue weighted by molar-refractivity contribution is 6.03. The Balaban J connectivity index is 2.18. The van der Waals surface area contributed by atoms with E-state index in [1.807, 2.05) is 0 Å². The van der Waals surface area contributed by atoms with E-state index >= 15 is 0 Å². The first kappa shape index (κ1) is 13.0. The maximum absolute atomic E-state index is 12.5. The number of rotatable bonds is 2. The number of hydrogen-bond acceptors (Lipinski definition) is 3. The van der Waals surface area contributed by atoms with Gasteiger partial charge in [0.1, 0.15) is 5.82 Å². The van der Waals surface area contributed by atoms with E-state index in [0.29, 0.717) is 0 Å². The second-order valence-corrected chi connectivity index (χ2v) is 3.62. The Bertz CT molecular complexity index is 584. The maximum atomic E-state index is 12.5. The molecule has 2 heterocycles. The summed E-state index contributed by atoms with van der Waals surface area (Å²) in [5.41, 5.74) is -0.634. The Morgan fingerprint density at radius 2 is 2.00 bits per heavy atom. The minimum atomic E-state index is -4.48. The molecule has 0 fully saturated rings. The topological polar surface area (TPSA) is 54.9 Å². The van der Waals surface area contributed by atoms with Gasteiger partial charge in [0.05, 0.1) is 11.1 Å². The van der Waals surface area contributed by atoms with E-state index in [2.05, 4.69) is 15.3 Å².